The Morgan fingerprint density at radius 3 is 2.50 bits per heavy atom. The summed E-state index contributed by atoms with van der Waals surface area (Å²) in [5.74, 6) is -0.717. The molecule has 0 aliphatic heterocycles. The van der Waals surface area contributed by atoms with E-state index in [4.69, 9.17) is 23.2 Å². The van der Waals surface area contributed by atoms with Gasteiger partial charge in [-0.1, -0.05) is 51.3 Å². The lowest BCUT2D eigenvalue weighted by Gasteiger charge is -2.15. The topological polar surface area (TPSA) is 41.1 Å². The third-order valence-corrected chi connectivity index (χ3v) is 5.16. The molecule has 144 valence electrons. The molecule has 0 bridgehead atoms. The van der Waals surface area contributed by atoms with E-state index in [0.717, 1.165) is 26.9 Å². The van der Waals surface area contributed by atoms with Gasteiger partial charge in [0.1, 0.15) is 0 Å². The SMILES string of the molecule is Cc1ccc(Cl)cc1-c1ccc(Nc2ccc(Br)cc2NC(=O)CF)cc1Cl. The summed E-state index contributed by atoms with van der Waals surface area (Å²) in [6, 6.07) is 16.5. The molecule has 0 aliphatic carbocycles. The average molecular weight is 482 g/mol. The van der Waals surface area contributed by atoms with Gasteiger partial charge >= 0.3 is 0 Å². The second-order valence-electron chi connectivity index (χ2n) is 6.15. The normalized spacial score (nSPS) is 10.6. The first-order valence-corrected chi connectivity index (χ1v) is 9.90. The molecule has 3 aromatic rings. The summed E-state index contributed by atoms with van der Waals surface area (Å²) in [6.45, 7) is 0.904. The minimum Gasteiger partial charge on any atom is -0.354 e. The standard InChI is InChI=1S/C21H16BrCl2FN2O/c1-12-2-4-14(23)9-17(12)16-6-5-15(10-18(16)24)26-19-7-3-13(22)8-20(19)27-21(28)11-25/h2-10,26H,11H2,1H3,(H,27,28). The molecule has 28 heavy (non-hydrogen) atoms. The zero-order valence-electron chi connectivity index (χ0n) is 14.8. The molecule has 3 nitrogen and oxygen atoms in total. The van der Waals surface area contributed by atoms with E-state index in [1.807, 2.05) is 43.3 Å². The minimum atomic E-state index is -1.09. The Labute approximate surface area is 181 Å². The van der Waals surface area contributed by atoms with Crippen molar-refractivity contribution in [3.8, 4) is 11.1 Å². The van der Waals surface area contributed by atoms with E-state index in [1.54, 1.807) is 18.2 Å². The van der Waals surface area contributed by atoms with E-state index in [9.17, 15) is 9.18 Å². The minimum absolute atomic E-state index is 0.461. The fourth-order valence-corrected chi connectivity index (χ4v) is 3.58. The molecule has 0 atom stereocenters. The van der Waals surface area contributed by atoms with Crippen LogP contribution in [0, 0.1) is 6.92 Å². The molecule has 0 spiro atoms. The zero-order chi connectivity index (χ0) is 20.3. The number of alkyl halides is 1. The van der Waals surface area contributed by atoms with Gasteiger partial charge in [-0.3, -0.25) is 4.79 Å². The fraction of sp³-hybridized carbons (Fsp3) is 0.0952. The third kappa shape index (κ3) is 4.85. The number of hydrogen-bond acceptors (Lipinski definition) is 2. The van der Waals surface area contributed by atoms with Crippen LogP contribution in [0.4, 0.5) is 21.5 Å². The number of benzene rings is 3. The molecule has 2 N–H and O–H groups in total. The van der Waals surface area contributed by atoms with Crippen LogP contribution in [0.3, 0.4) is 0 Å². The number of rotatable bonds is 5. The average Bonchev–Trinajstić information content (AvgIpc) is 2.66. The van der Waals surface area contributed by atoms with Crippen molar-refractivity contribution >= 4 is 62.1 Å². The van der Waals surface area contributed by atoms with Gasteiger partial charge in [0, 0.05) is 20.7 Å². The Hall–Kier alpha value is -2.08. The van der Waals surface area contributed by atoms with Gasteiger partial charge in [0.05, 0.1) is 16.4 Å². The molecule has 3 aromatic carbocycles. The largest absolute Gasteiger partial charge is 0.354 e. The van der Waals surface area contributed by atoms with Crippen LogP contribution >= 0.6 is 39.1 Å². The van der Waals surface area contributed by atoms with E-state index in [0.29, 0.717) is 21.4 Å². The van der Waals surface area contributed by atoms with E-state index in [1.165, 1.54) is 0 Å². The van der Waals surface area contributed by atoms with Gasteiger partial charge in [-0.15, -0.1) is 0 Å². The lowest BCUT2D eigenvalue weighted by molar-refractivity contribution is -0.117. The van der Waals surface area contributed by atoms with Crippen LogP contribution in [0.5, 0.6) is 0 Å². The van der Waals surface area contributed by atoms with Gasteiger partial charge in [-0.05, 0) is 60.5 Å². The molecule has 0 saturated heterocycles. The first-order valence-electron chi connectivity index (χ1n) is 8.36. The highest BCUT2D eigenvalue weighted by Gasteiger charge is 2.11. The zero-order valence-corrected chi connectivity index (χ0v) is 17.9. The molecule has 0 radical (unpaired) electrons. The van der Waals surface area contributed by atoms with Crippen molar-refractivity contribution in [3.63, 3.8) is 0 Å². The molecule has 0 fully saturated rings. The molecule has 3 rings (SSSR count). The maximum Gasteiger partial charge on any atom is 0.255 e. The van der Waals surface area contributed by atoms with Crippen molar-refractivity contribution in [2.75, 3.05) is 17.3 Å². The van der Waals surface area contributed by atoms with Gasteiger partial charge < -0.3 is 10.6 Å². The van der Waals surface area contributed by atoms with Gasteiger partial charge in [-0.2, -0.15) is 0 Å². The number of hydrogen-bond donors (Lipinski definition) is 2. The first-order chi connectivity index (χ1) is 13.4. The van der Waals surface area contributed by atoms with Gasteiger partial charge in [0.25, 0.3) is 5.91 Å². The number of aryl methyl sites for hydroxylation is 1. The van der Waals surface area contributed by atoms with Crippen molar-refractivity contribution in [1.29, 1.82) is 0 Å². The lowest BCUT2D eigenvalue weighted by Crippen LogP contribution is -2.14. The van der Waals surface area contributed by atoms with Crippen molar-refractivity contribution in [2.24, 2.45) is 0 Å². The maximum absolute atomic E-state index is 12.6. The van der Waals surface area contributed by atoms with Crippen molar-refractivity contribution in [2.45, 2.75) is 6.92 Å². The molecule has 0 aliphatic rings. The Kier molecular flexibility index (Phi) is 6.60. The molecular formula is C21H16BrCl2FN2O. The van der Waals surface area contributed by atoms with Crippen LogP contribution in [0.15, 0.2) is 59.1 Å². The van der Waals surface area contributed by atoms with E-state index < -0.39 is 12.6 Å². The van der Waals surface area contributed by atoms with Crippen LogP contribution in [0.2, 0.25) is 10.0 Å². The Morgan fingerprint density at radius 1 is 1.00 bits per heavy atom. The summed E-state index contributed by atoms with van der Waals surface area (Å²) in [5, 5.41) is 6.94. The molecule has 0 saturated carbocycles. The van der Waals surface area contributed by atoms with Crippen LogP contribution in [0.1, 0.15) is 5.56 Å². The second kappa shape index (κ2) is 8.95. The lowest BCUT2D eigenvalue weighted by atomic mass is 10.0. The van der Waals surface area contributed by atoms with Crippen LogP contribution < -0.4 is 10.6 Å². The second-order valence-corrected chi connectivity index (χ2v) is 7.91. The summed E-state index contributed by atoms with van der Waals surface area (Å²) in [6.07, 6.45) is 0. The predicted molar refractivity (Wildman–Crippen MR) is 119 cm³/mol. The third-order valence-electron chi connectivity index (χ3n) is 4.11. The van der Waals surface area contributed by atoms with E-state index in [2.05, 4.69) is 26.6 Å². The number of amides is 1. The highest BCUT2D eigenvalue weighted by atomic mass is 79.9. The van der Waals surface area contributed by atoms with E-state index in [-0.39, 0.29) is 0 Å². The number of carbonyl (C=O) groups is 1. The van der Waals surface area contributed by atoms with Crippen molar-refractivity contribution < 1.29 is 9.18 Å². The summed E-state index contributed by atoms with van der Waals surface area (Å²) < 4.78 is 13.3. The monoisotopic (exact) mass is 480 g/mol. The summed E-state index contributed by atoms with van der Waals surface area (Å²) in [5.41, 5.74) is 4.70. The number of halogens is 4. The molecule has 0 aromatic heterocycles. The molecule has 7 heteroatoms. The highest BCUT2D eigenvalue weighted by molar-refractivity contribution is 9.10. The summed E-state index contributed by atoms with van der Waals surface area (Å²) in [4.78, 5) is 11.5. The first kappa shape index (κ1) is 20.6. The Balaban J connectivity index is 1.92. The Bertz CT molecular complexity index is 1040. The summed E-state index contributed by atoms with van der Waals surface area (Å²) in [7, 11) is 0. The van der Waals surface area contributed by atoms with Crippen LogP contribution in [-0.4, -0.2) is 12.6 Å². The fourth-order valence-electron chi connectivity index (χ4n) is 2.76. The molecule has 1 amide bonds. The van der Waals surface area contributed by atoms with Gasteiger partial charge in [0.15, 0.2) is 6.67 Å². The van der Waals surface area contributed by atoms with E-state index >= 15 is 0 Å². The van der Waals surface area contributed by atoms with Crippen molar-refractivity contribution in [1.82, 2.24) is 0 Å². The quantitative estimate of drug-likeness (QED) is 0.399. The summed E-state index contributed by atoms with van der Waals surface area (Å²) >= 11 is 16.0. The Morgan fingerprint density at radius 2 is 1.79 bits per heavy atom. The van der Waals surface area contributed by atoms with Crippen LogP contribution in [-0.2, 0) is 4.79 Å². The predicted octanol–water partition coefficient (Wildman–Crippen LogP) is 7.38. The highest BCUT2D eigenvalue weighted by Crippen LogP contribution is 2.36. The smallest absolute Gasteiger partial charge is 0.255 e. The van der Waals surface area contributed by atoms with Gasteiger partial charge in [-0.25, -0.2) is 4.39 Å². The van der Waals surface area contributed by atoms with Crippen molar-refractivity contribution in [3.05, 3.63) is 74.7 Å². The number of carbonyl (C=O) groups excluding carboxylic acids is 1. The maximum atomic E-state index is 12.6. The van der Waals surface area contributed by atoms with Gasteiger partial charge in [0.2, 0.25) is 0 Å². The molecular weight excluding hydrogens is 466 g/mol. The van der Waals surface area contributed by atoms with Crippen LogP contribution in [0.25, 0.3) is 11.1 Å². The molecule has 0 heterocycles. The number of nitrogens with one attached hydrogen (secondary N) is 2. The molecule has 0 unspecified atom stereocenters. The number of anilines is 3.